The number of carboxylic acids is 1. The van der Waals surface area contributed by atoms with Crippen LogP contribution in [0.25, 0.3) is 10.9 Å². The van der Waals surface area contributed by atoms with E-state index in [4.69, 9.17) is 5.11 Å². The van der Waals surface area contributed by atoms with Crippen LogP contribution in [-0.2, 0) is 11.3 Å². The van der Waals surface area contributed by atoms with Crippen LogP contribution < -0.4 is 5.32 Å². The van der Waals surface area contributed by atoms with Crippen LogP contribution in [0.4, 0.5) is 0 Å². The Kier molecular flexibility index (Phi) is 4.98. The van der Waals surface area contributed by atoms with E-state index in [0.717, 1.165) is 17.4 Å². The number of carbonyl (C=O) groups is 2. The number of aliphatic carboxylic acids is 1. The van der Waals surface area contributed by atoms with Gasteiger partial charge in [-0.3, -0.25) is 9.59 Å². The van der Waals surface area contributed by atoms with E-state index < -0.39 is 5.97 Å². The van der Waals surface area contributed by atoms with E-state index in [0.29, 0.717) is 24.9 Å². The van der Waals surface area contributed by atoms with Crippen molar-refractivity contribution in [1.29, 1.82) is 0 Å². The molecule has 1 aromatic heterocycles. The van der Waals surface area contributed by atoms with Gasteiger partial charge < -0.3 is 15.0 Å². The fourth-order valence-electron chi connectivity index (χ4n) is 2.39. The van der Waals surface area contributed by atoms with Gasteiger partial charge >= 0.3 is 5.97 Å². The molecule has 2 aromatic rings. The smallest absolute Gasteiger partial charge is 0.303 e. The Labute approximate surface area is 123 Å². The van der Waals surface area contributed by atoms with Crippen molar-refractivity contribution in [2.45, 2.75) is 32.7 Å². The number of aryl methyl sites for hydroxylation is 1. The van der Waals surface area contributed by atoms with Crippen LogP contribution in [0.1, 0.15) is 36.5 Å². The Bertz CT molecular complexity index is 646. The maximum atomic E-state index is 12.2. The van der Waals surface area contributed by atoms with E-state index in [9.17, 15) is 9.59 Å². The number of hydrogen-bond donors (Lipinski definition) is 2. The van der Waals surface area contributed by atoms with E-state index in [1.807, 2.05) is 37.4 Å². The molecule has 1 aromatic carbocycles. The zero-order valence-electron chi connectivity index (χ0n) is 12.1. The van der Waals surface area contributed by atoms with Gasteiger partial charge in [-0.15, -0.1) is 0 Å². The normalized spacial score (nSPS) is 10.7. The van der Waals surface area contributed by atoms with Gasteiger partial charge in [0.2, 0.25) is 0 Å². The average Bonchev–Trinajstić information content (AvgIpc) is 2.85. The monoisotopic (exact) mass is 288 g/mol. The summed E-state index contributed by atoms with van der Waals surface area (Å²) in [6, 6.07) is 7.83. The largest absolute Gasteiger partial charge is 0.481 e. The number of nitrogens with zero attached hydrogens (tertiary/aromatic N) is 1. The number of unbranched alkanes of at least 4 members (excludes halogenated alkanes) is 1. The van der Waals surface area contributed by atoms with Crippen molar-refractivity contribution in [2.24, 2.45) is 0 Å². The lowest BCUT2D eigenvalue weighted by Crippen LogP contribution is -2.24. The first-order valence-electron chi connectivity index (χ1n) is 7.21. The van der Waals surface area contributed by atoms with Crippen molar-refractivity contribution in [3.63, 3.8) is 0 Å². The number of amides is 1. The standard InChI is InChI=1S/C16H20N2O3/c1-2-18-11-13(12-7-3-4-8-14(12)18)16(21)17-10-6-5-9-15(19)20/h3-4,7-8,11H,2,5-6,9-10H2,1H3,(H,17,21)(H,19,20). The summed E-state index contributed by atoms with van der Waals surface area (Å²) in [5.41, 5.74) is 1.72. The molecular formula is C16H20N2O3. The van der Waals surface area contributed by atoms with Gasteiger partial charge in [0, 0.05) is 36.6 Å². The first-order chi connectivity index (χ1) is 10.1. The molecule has 0 bridgehead atoms. The van der Waals surface area contributed by atoms with Gasteiger partial charge in [0.25, 0.3) is 5.91 Å². The second kappa shape index (κ2) is 6.92. The molecule has 21 heavy (non-hydrogen) atoms. The quantitative estimate of drug-likeness (QED) is 0.769. The molecule has 0 spiro atoms. The Hall–Kier alpha value is -2.30. The summed E-state index contributed by atoms with van der Waals surface area (Å²) in [4.78, 5) is 22.7. The van der Waals surface area contributed by atoms with Gasteiger partial charge in [-0.05, 0) is 25.8 Å². The van der Waals surface area contributed by atoms with Gasteiger partial charge in [-0.2, -0.15) is 0 Å². The molecule has 0 saturated heterocycles. The molecule has 0 fully saturated rings. The molecule has 0 aliphatic carbocycles. The van der Waals surface area contributed by atoms with Crippen molar-refractivity contribution in [3.05, 3.63) is 36.0 Å². The van der Waals surface area contributed by atoms with Gasteiger partial charge in [0.15, 0.2) is 0 Å². The van der Waals surface area contributed by atoms with Crippen LogP contribution in [-0.4, -0.2) is 28.1 Å². The summed E-state index contributed by atoms with van der Waals surface area (Å²) in [6.45, 7) is 3.35. The predicted octanol–water partition coefficient (Wildman–Crippen LogP) is 2.65. The predicted molar refractivity (Wildman–Crippen MR) is 81.4 cm³/mol. The number of hydrogen-bond acceptors (Lipinski definition) is 2. The number of rotatable bonds is 7. The Morgan fingerprint density at radius 3 is 2.71 bits per heavy atom. The van der Waals surface area contributed by atoms with E-state index >= 15 is 0 Å². The lowest BCUT2D eigenvalue weighted by atomic mass is 10.1. The lowest BCUT2D eigenvalue weighted by molar-refractivity contribution is -0.137. The number of nitrogens with one attached hydrogen (secondary N) is 1. The highest BCUT2D eigenvalue weighted by atomic mass is 16.4. The Morgan fingerprint density at radius 1 is 1.24 bits per heavy atom. The molecule has 1 heterocycles. The molecule has 0 unspecified atom stereocenters. The summed E-state index contributed by atoms with van der Waals surface area (Å²) in [6.07, 6.45) is 3.26. The van der Waals surface area contributed by atoms with Crippen molar-refractivity contribution in [3.8, 4) is 0 Å². The van der Waals surface area contributed by atoms with E-state index in [2.05, 4.69) is 9.88 Å². The van der Waals surface area contributed by atoms with Crippen LogP contribution in [0.5, 0.6) is 0 Å². The van der Waals surface area contributed by atoms with Gasteiger partial charge in [0.1, 0.15) is 0 Å². The second-order valence-corrected chi connectivity index (χ2v) is 4.95. The van der Waals surface area contributed by atoms with E-state index in [1.54, 1.807) is 0 Å². The van der Waals surface area contributed by atoms with Crippen LogP contribution in [0.3, 0.4) is 0 Å². The second-order valence-electron chi connectivity index (χ2n) is 4.95. The van der Waals surface area contributed by atoms with Crippen molar-refractivity contribution in [2.75, 3.05) is 6.54 Å². The number of aromatic nitrogens is 1. The first-order valence-corrected chi connectivity index (χ1v) is 7.21. The van der Waals surface area contributed by atoms with Crippen molar-refractivity contribution < 1.29 is 14.7 Å². The molecule has 1 amide bonds. The zero-order valence-corrected chi connectivity index (χ0v) is 12.1. The molecule has 5 heteroatoms. The average molecular weight is 288 g/mol. The Morgan fingerprint density at radius 2 is 2.00 bits per heavy atom. The zero-order chi connectivity index (χ0) is 15.2. The fraction of sp³-hybridized carbons (Fsp3) is 0.375. The minimum absolute atomic E-state index is 0.103. The molecule has 0 aliphatic rings. The molecule has 0 aliphatic heterocycles. The first kappa shape index (κ1) is 15.1. The highest BCUT2D eigenvalue weighted by Crippen LogP contribution is 2.21. The summed E-state index contributed by atoms with van der Waals surface area (Å²) in [7, 11) is 0. The van der Waals surface area contributed by atoms with Gasteiger partial charge in [-0.1, -0.05) is 18.2 Å². The fourth-order valence-corrected chi connectivity index (χ4v) is 2.39. The number of carbonyl (C=O) groups excluding carboxylic acids is 1. The van der Waals surface area contributed by atoms with E-state index in [1.165, 1.54) is 0 Å². The maximum Gasteiger partial charge on any atom is 0.303 e. The molecule has 0 saturated carbocycles. The highest BCUT2D eigenvalue weighted by Gasteiger charge is 2.13. The number of fused-ring (bicyclic) bond motifs is 1. The highest BCUT2D eigenvalue weighted by molar-refractivity contribution is 6.06. The summed E-state index contributed by atoms with van der Waals surface area (Å²) < 4.78 is 2.05. The third kappa shape index (κ3) is 3.62. The van der Waals surface area contributed by atoms with Crippen molar-refractivity contribution >= 4 is 22.8 Å². The van der Waals surface area contributed by atoms with Gasteiger partial charge in [0.05, 0.1) is 5.56 Å². The van der Waals surface area contributed by atoms with Gasteiger partial charge in [-0.25, -0.2) is 0 Å². The minimum Gasteiger partial charge on any atom is -0.481 e. The molecule has 2 rings (SSSR count). The third-order valence-corrected chi connectivity index (χ3v) is 3.48. The van der Waals surface area contributed by atoms with Crippen molar-refractivity contribution in [1.82, 2.24) is 9.88 Å². The Balaban J connectivity index is 2.01. The topological polar surface area (TPSA) is 71.3 Å². The van der Waals surface area contributed by atoms with Crippen LogP contribution in [0, 0.1) is 0 Å². The molecule has 5 nitrogen and oxygen atoms in total. The lowest BCUT2D eigenvalue weighted by Gasteiger charge is -2.03. The summed E-state index contributed by atoms with van der Waals surface area (Å²) in [5.74, 6) is -0.902. The van der Waals surface area contributed by atoms with Crippen LogP contribution in [0.2, 0.25) is 0 Å². The number of para-hydroxylation sites is 1. The molecule has 112 valence electrons. The number of carboxylic acid groups (broad SMARTS) is 1. The minimum atomic E-state index is -0.799. The summed E-state index contributed by atoms with van der Waals surface area (Å²) >= 11 is 0. The SMILES string of the molecule is CCn1cc(C(=O)NCCCCC(=O)O)c2ccccc21. The molecular weight excluding hydrogens is 268 g/mol. The molecule has 2 N–H and O–H groups in total. The summed E-state index contributed by atoms with van der Waals surface area (Å²) in [5, 5.41) is 12.4. The van der Waals surface area contributed by atoms with Crippen LogP contribution >= 0.6 is 0 Å². The van der Waals surface area contributed by atoms with E-state index in [-0.39, 0.29) is 12.3 Å². The third-order valence-electron chi connectivity index (χ3n) is 3.48. The molecule has 0 atom stereocenters. The maximum absolute atomic E-state index is 12.2. The number of benzene rings is 1. The molecule has 0 radical (unpaired) electrons. The van der Waals surface area contributed by atoms with Crippen LogP contribution in [0.15, 0.2) is 30.5 Å².